The van der Waals surface area contributed by atoms with Gasteiger partial charge in [-0.05, 0) is 66.6 Å². The van der Waals surface area contributed by atoms with Gasteiger partial charge in [0.2, 0.25) is 0 Å². The third-order valence-corrected chi connectivity index (χ3v) is 7.09. The van der Waals surface area contributed by atoms with Crippen LogP contribution in [0.3, 0.4) is 0 Å². The van der Waals surface area contributed by atoms with Gasteiger partial charge in [0, 0.05) is 39.1 Å². The zero-order valence-corrected chi connectivity index (χ0v) is 20.2. The highest BCUT2D eigenvalue weighted by atomic mass is 35.5. The molecular weight excluding hydrogens is 484 g/mol. The molecule has 0 spiro atoms. The Bertz CT molecular complexity index is 1560. The van der Waals surface area contributed by atoms with Crippen LogP contribution in [0.5, 0.6) is 0 Å². The first-order chi connectivity index (χ1) is 16.8. The fourth-order valence-electron chi connectivity index (χ4n) is 4.95. The van der Waals surface area contributed by atoms with Gasteiger partial charge in [-0.1, -0.05) is 65.2 Å². The van der Waals surface area contributed by atoms with Crippen LogP contribution in [-0.2, 0) is 0 Å². The Morgan fingerprint density at radius 2 is 1.20 bits per heavy atom. The van der Waals surface area contributed by atoms with Gasteiger partial charge in [0.15, 0.2) is 11.4 Å². The molecule has 2 nitrogen and oxygen atoms in total. The number of halogens is 4. The minimum Gasteiger partial charge on any atom is -0.389 e. The molecule has 1 aromatic heterocycles. The van der Waals surface area contributed by atoms with E-state index in [1.807, 2.05) is 31.2 Å². The van der Waals surface area contributed by atoms with Crippen LogP contribution >= 0.6 is 23.2 Å². The fraction of sp³-hybridized carbons (Fsp3) is 0.0357. The summed E-state index contributed by atoms with van der Waals surface area (Å²) in [6.07, 6.45) is 3.55. The summed E-state index contributed by atoms with van der Waals surface area (Å²) in [7, 11) is 0. The average molecular weight is 503 g/mol. The van der Waals surface area contributed by atoms with Gasteiger partial charge in [0.25, 0.3) is 0 Å². The normalized spacial score (nSPS) is 16.0. The summed E-state index contributed by atoms with van der Waals surface area (Å²) in [5.41, 5.74) is 5.94. The third kappa shape index (κ3) is 3.50. The van der Waals surface area contributed by atoms with E-state index in [0.717, 1.165) is 16.7 Å². The van der Waals surface area contributed by atoms with Gasteiger partial charge in [-0.15, -0.1) is 0 Å². The third-order valence-electron chi connectivity index (χ3n) is 6.59. The molecule has 35 heavy (non-hydrogen) atoms. The molecule has 0 N–H and O–H groups in total. The Labute approximate surface area is 212 Å². The Hall–Kier alpha value is -3.41. The van der Waals surface area contributed by atoms with Crippen LogP contribution in [0.4, 0.5) is 8.63 Å². The van der Waals surface area contributed by atoms with Crippen molar-refractivity contribution in [2.45, 2.75) is 6.92 Å². The first-order valence-corrected chi connectivity index (χ1v) is 12.0. The Kier molecular flexibility index (Phi) is 5.10. The van der Waals surface area contributed by atoms with Crippen LogP contribution in [0.1, 0.15) is 22.4 Å². The second-order valence-corrected chi connectivity index (χ2v) is 9.66. The highest BCUT2D eigenvalue weighted by Gasteiger charge is 2.54. The Balaban J connectivity index is 1.67. The number of hydrogen-bond acceptors (Lipinski definition) is 0. The number of aromatic nitrogens is 1. The molecule has 3 heterocycles. The van der Waals surface area contributed by atoms with E-state index < -0.39 is 6.97 Å². The lowest BCUT2D eigenvalue weighted by molar-refractivity contribution is -0.360. The molecule has 2 aliphatic rings. The highest BCUT2D eigenvalue weighted by molar-refractivity contribution is 6.59. The predicted octanol–water partition coefficient (Wildman–Crippen LogP) is 7.84. The average Bonchev–Trinajstić information content (AvgIpc) is 3.48. The smallest absolute Gasteiger partial charge is 0.389 e. The quantitative estimate of drug-likeness (QED) is 0.252. The van der Waals surface area contributed by atoms with Crippen LogP contribution in [0, 0.1) is 6.92 Å². The Morgan fingerprint density at radius 1 is 0.657 bits per heavy atom. The van der Waals surface area contributed by atoms with Crippen molar-refractivity contribution in [3.05, 3.63) is 135 Å². The van der Waals surface area contributed by atoms with Crippen molar-refractivity contribution in [2.24, 2.45) is 0 Å². The lowest BCUT2D eigenvalue weighted by Gasteiger charge is -2.33. The van der Waals surface area contributed by atoms with E-state index in [2.05, 4.69) is 0 Å². The molecule has 2 aliphatic heterocycles. The standard InChI is InChI=1S/C28H19BCl2F2N2/c1-18-2-4-21(5-3-18)28-26-16-14-24(19-6-10-22(30)11-7-19)34(26)29(32,33)35-25(15-17-27(28)35)20-8-12-23(31)13-9-20/h2-17H,1H3. The molecule has 0 atom stereocenters. The molecule has 4 aromatic rings. The SMILES string of the molecule is Cc1ccc(C2=C3C=CC(c4ccc(Cl)cc4)=[N+]3[B-](F)(F)n3c2ccc3-c2ccc(Cl)cc2)cc1. The van der Waals surface area contributed by atoms with Crippen molar-refractivity contribution in [3.63, 3.8) is 0 Å². The van der Waals surface area contributed by atoms with Gasteiger partial charge in [0.05, 0.1) is 5.57 Å². The van der Waals surface area contributed by atoms with E-state index in [1.165, 1.54) is 8.96 Å². The van der Waals surface area contributed by atoms with Crippen LogP contribution in [-0.4, -0.2) is 21.6 Å². The minimum atomic E-state index is -4.21. The van der Waals surface area contributed by atoms with E-state index in [9.17, 15) is 0 Å². The lowest BCUT2D eigenvalue weighted by atomic mass is 9.85. The molecular formula is C28H19BCl2F2N2. The predicted molar refractivity (Wildman–Crippen MR) is 140 cm³/mol. The van der Waals surface area contributed by atoms with E-state index in [1.54, 1.807) is 72.8 Å². The van der Waals surface area contributed by atoms with Crippen LogP contribution in [0.25, 0.3) is 16.8 Å². The number of allylic oxidation sites excluding steroid dienone is 2. The molecule has 0 amide bonds. The molecule has 6 rings (SSSR count). The summed E-state index contributed by atoms with van der Waals surface area (Å²) in [5, 5.41) is 1.11. The minimum absolute atomic E-state index is 0.438. The van der Waals surface area contributed by atoms with Crippen molar-refractivity contribution in [3.8, 4) is 11.3 Å². The van der Waals surface area contributed by atoms with E-state index in [0.29, 0.717) is 44.0 Å². The van der Waals surface area contributed by atoms with Gasteiger partial charge in [0.1, 0.15) is 0 Å². The first-order valence-electron chi connectivity index (χ1n) is 11.3. The number of hydrogen-bond donors (Lipinski definition) is 0. The van der Waals surface area contributed by atoms with Gasteiger partial charge in [-0.2, -0.15) is 0 Å². The summed E-state index contributed by atoms with van der Waals surface area (Å²) < 4.78 is 35.5. The molecule has 0 fully saturated rings. The van der Waals surface area contributed by atoms with E-state index >= 15 is 8.63 Å². The second-order valence-electron chi connectivity index (χ2n) is 8.79. The molecule has 0 radical (unpaired) electrons. The van der Waals surface area contributed by atoms with E-state index in [4.69, 9.17) is 23.2 Å². The molecule has 0 aliphatic carbocycles. The summed E-state index contributed by atoms with van der Waals surface area (Å²) >= 11 is 12.1. The number of rotatable bonds is 3. The van der Waals surface area contributed by atoms with Crippen LogP contribution in [0.15, 0.2) is 103 Å². The molecule has 3 aromatic carbocycles. The highest BCUT2D eigenvalue weighted by Crippen LogP contribution is 2.43. The molecule has 0 bridgehead atoms. The summed E-state index contributed by atoms with van der Waals surface area (Å²) in [5.74, 6) is 0. The van der Waals surface area contributed by atoms with Crippen molar-refractivity contribution in [1.29, 1.82) is 0 Å². The monoisotopic (exact) mass is 502 g/mol. The van der Waals surface area contributed by atoms with Crippen molar-refractivity contribution in [1.82, 2.24) is 4.48 Å². The maximum Gasteiger partial charge on any atom is 0.737 e. The van der Waals surface area contributed by atoms with Gasteiger partial charge in [-0.3, -0.25) is 0 Å². The summed E-state index contributed by atoms with van der Waals surface area (Å²) in [4.78, 5) is 0. The van der Waals surface area contributed by atoms with Crippen LogP contribution in [0.2, 0.25) is 10.0 Å². The molecule has 0 unspecified atom stereocenters. The molecule has 7 heteroatoms. The zero-order chi connectivity index (χ0) is 24.3. The molecule has 0 saturated carbocycles. The molecule has 172 valence electrons. The zero-order valence-electron chi connectivity index (χ0n) is 18.7. The number of benzene rings is 3. The van der Waals surface area contributed by atoms with Gasteiger partial charge < -0.3 is 17.6 Å². The van der Waals surface area contributed by atoms with Crippen molar-refractivity contribution >= 4 is 41.5 Å². The Morgan fingerprint density at radius 3 is 1.83 bits per heavy atom. The topological polar surface area (TPSA) is 7.94 Å². The summed E-state index contributed by atoms with van der Waals surface area (Å²) in [6, 6.07) is 25.5. The summed E-state index contributed by atoms with van der Waals surface area (Å²) in [6.45, 7) is -2.20. The maximum absolute atomic E-state index is 16.6. The van der Waals surface area contributed by atoms with Gasteiger partial charge >= 0.3 is 6.97 Å². The van der Waals surface area contributed by atoms with Crippen LogP contribution < -0.4 is 0 Å². The van der Waals surface area contributed by atoms with Crippen molar-refractivity contribution in [2.75, 3.05) is 0 Å². The van der Waals surface area contributed by atoms with E-state index in [-0.39, 0.29) is 0 Å². The van der Waals surface area contributed by atoms with Crippen molar-refractivity contribution < 1.29 is 13.1 Å². The van der Waals surface area contributed by atoms with Gasteiger partial charge in [-0.25, -0.2) is 0 Å². The fourth-order valence-corrected chi connectivity index (χ4v) is 5.20. The number of nitrogens with zero attached hydrogens (tertiary/aromatic N) is 2. The maximum atomic E-state index is 16.6. The lowest BCUT2D eigenvalue weighted by Crippen LogP contribution is -2.51. The first kappa shape index (κ1) is 22.1. The second kappa shape index (κ2) is 8.08. The number of fused-ring (bicyclic) bond motifs is 2. The number of aryl methyl sites for hydroxylation is 1. The largest absolute Gasteiger partial charge is 0.737 e. The molecule has 0 saturated heterocycles.